The normalized spacial score (nSPS) is 14.8. The molecular weight excluding hydrogens is 312 g/mol. The summed E-state index contributed by atoms with van der Waals surface area (Å²) in [6, 6.07) is 14.1. The Hall–Kier alpha value is -2.36. The maximum Gasteiger partial charge on any atom is 0.223 e. The number of aromatic nitrogens is 1. The largest absolute Gasteiger partial charge is 0.497 e. The Morgan fingerprint density at radius 3 is 2.60 bits per heavy atom. The number of nitrogens with zero attached hydrogens (tertiary/aromatic N) is 2. The van der Waals surface area contributed by atoms with E-state index in [2.05, 4.69) is 11.9 Å². The van der Waals surface area contributed by atoms with Crippen LogP contribution in [-0.4, -0.2) is 28.9 Å². The molecule has 0 spiro atoms. The standard InChI is InChI=1S/C21H26N2O2/c1-16(18-8-9-18)23(15-17-6-11-20(25-2)12-7-17)21(24)13-10-19-5-3-4-14-22-19/h3-7,11-12,14,16,18H,8-10,13,15H2,1-2H3. The predicted octanol–water partition coefficient (Wildman–Crippen LogP) is 3.85. The number of carbonyl (C=O) groups is 1. The number of aryl methyl sites for hydroxylation is 1. The van der Waals surface area contributed by atoms with Crippen LogP contribution in [0.2, 0.25) is 0 Å². The van der Waals surface area contributed by atoms with Crippen LogP contribution in [0.4, 0.5) is 0 Å². The van der Waals surface area contributed by atoms with Crippen LogP contribution < -0.4 is 4.74 Å². The first-order chi connectivity index (χ1) is 12.2. The van der Waals surface area contributed by atoms with Crippen LogP contribution in [-0.2, 0) is 17.8 Å². The van der Waals surface area contributed by atoms with E-state index in [0.717, 1.165) is 17.0 Å². The van der Waals surface area contributed by atoms with Crippen LogP contribution in [0, 0.1) is 5.92 Å². The second-order valence-electron chi connectivity index (χ2n) is 6.77. The van der Waals surface area contributed by atoms with E-state index in [1.54, 1.807) is 13.3 Å². The number of benzene rings is 1. The van der Waals surface area contributed by atoms with Gasteiger partial charge in [-0.25, -0.2) is 0 Å². The molecule has 1 heterocycles. The molecule has 0 N–H and O–H groups in total. The summed E-state index contributed by atoms with van der Waals surface area (Å²) in [5.74, 6) is 1.70. The number of amides is 1. The predicted molar refractivity (Wildman–Crippen MR) is 98.3 cm³/mol. The lowest BCUT2D eigenvalue weighted by Crippen LogP contribution is -2.39. The maximum atomic E-state index is 12.9. The van der Waals surface area contributed by atoms with Gasteiger partial charge >= 0.3 is 0 Å². The maximum absolute atomic E-state index is 12.9. The third kappa shape index (κ3) is 4.81. The summed E-state index contributed by atoms with van der Waals surface area (Å²) >= 11 is 0. The highest BCUT2D eigenvalue weighted by atomic mass is 16.5. The number of hydrogen-bond acceptors (Lipinski definition) is 3. The van der Waals surface area contributed by atoms with E-state index in [-0.39, 0.29) is 5.91 Å². The first-order valence-electron chi connectivity index (χ1n) is 8.99. The van der Waals surface area contributed by atoms with Crippen molar-refractivity contribution in [2.75, 3.05) is 7.11 Å². The van der Waals surface area contributed by atoms with Gasteiger partial charge in [0, 0.05) is 30.9 Å². The smallest absolute Gasteiger partial charge is 0.223 e. The van der Waals surface area contributed by atoms with Crippen molar-refractivity contribution >= 4 is 5.91 Å². The highest BCUT2D eigenvalue weighted by Crippen LogP contribution is 2.36. The molecule has 1 aromatic heterocycles. The molecule has 0 radical (unpaired) electrons. The monoisotopic (exact) mass is 338 g/mol. The quantitative estimate of drug-likeness (QED) is 0.734. The molecule has 1 aromatic carbocycles. The zero-order valence-electron chi connectivity index (χ0n) is 15.0. The summed E-state index contributed by atoms with van der Waals surface area (Å²) in [5, 5.41) is 0. The average molecular weight is 338 g/mol. The van der Waals surface area contributed by atoms with Crippen LogP contribution in [0.1, 0.15) is 37.4 Å². The minimum absolute atomic E-state index is 0.209. The van der Waals surface area contributed by atoms with Crippen molar-refractivity contribution in [2.45, 2.75) is 45.2 Å². The van der Waals surface area contributed by atoms with Crippen molar-refractivity contribution in [2.24, 2.45) is 5.92 Å². The Labute approximate surface area is 149 Å². The summed E-state index contributed by atoms with van der Waals surface area (Å²) in [4.78, 5) is 19.3. The summed E-state index contributed by atoms with van der Waals surface area (Å²) in [5.41, 5.74) is 2.11. The molecule has 1 unspecified atom stereocenters. The van der Waals surface area contributed by atoms with Crippen molar-refractivity contribution in [3.63, 3.8) is 0 Å². The molecule has 0 saturated heterocycles. The lowest BCUT2D eigenvalue weighted by Gasteiger charge is -2.30. The Kier molecular flexibility index (Phi) is 5.69. The molecule has 3 rings (SSSR count). The minimum atomic E-state index is 0.209. The summed E-state index contributed by atoms with van der Waals surface area (Å²) in [6.07, 6.45) is 5.43. The number of methoxy groups -OCH3 is 1. The molecule has 0 bridgehead atoms. The molecule has 1 saturated carbocycles. The summed E-state index contributed by atoms with van der Waals surface area (Å²) in [6.45, 7) is 2.84. The molecule has 2 aromatic rings. The van der Waals surface area contributed by atoms with E-state index >= 15 is 0 Å². The molecule has 1 aliphatic carbocycles. The fourth-order valence-electron chi connectivity index (χ4n) is 3.14. The summed E-state index contributed by atoms with van der Waals surface area (Å²) < 4.78 is 5.22. The molecule has 1 amide bonds. The Morgan fingerprint density at radius 2 is 2.00 bits per heavy atom. The van der Waals surface area contributed by atoms with Gasteiger partial charge in [-0.15, -0.1) is 0 Å². The molecule has 4 nitrogen and oxygen atoms in total. The van der Waals surface area contributed by atoms with Gasteiger partial charge in [-0.1, -0.05) is 18.2 Å². The first-order valence-corrected chi connectivity index (χ1v) is 8.99. The van der Waals surface area contributed by atoms with Crippen LogP contribution >= 0.6 is 0 Å². The van der Waals surface area contributed by atoms with E-state index in [4.69, 9.17) is 4.74 Å². The average Bonchev–Trinajstić information content (AvgIpc) is 3.50. The molecule has 132 valence electrons. The number of pyridine rings is 1. The van der Waals surface area contributed by atoms with Gasteiger partial charge in [-0.05, 0) is 61.9 Å². The van der Waals surface area contributed by atoms with Crippen molar-refractivity contribution in [3.8, 4) is 5.75 Å². The molecule has 1 aliphatic rings. The Balaban J connectivity index is 1.66. The Morgan fingerprint density at radius 1 is 1.24 bits per heavy atom. The number of hydrogen-bond donors (Lipinski definition) is 0. The van der Waals surface area contributed by atoms with E-state index < -0.39 is 0 Å². The third-order valence-electron chi connectivity index (χ3n) is 4.95. The van der Waals surface area contributed by atoms with Gasteiger partial charge in [0.05, 0.1) is 7.11 Å². The van der Waals surface area contributed by atoms with E-state index in [0.29, 0.717) is 31.3 Å². The van der Waals surface area contributed by atoms with Gasteiger partial charge in [0.15, 0.2) is 0 Å². The minimum Gasteiger partial charge on any atom is -0.497 e. The summed E-state index contributed by atoms with van der Waals surface area (Å²) in [7, 11) is 1.66. The zero-order chi connectivity index (χ0) is 17.6. The topological polar surface area (TPSA) is 42.4 Å². The molecule has 1 atom stereocenters. The molecule has 25 heavy (non-hydrogen) atoms. The SMILES string of the molecule is COc1ccc(CN(C(=O)CCc2ccccn2)C(C)C2CC2)cc1. The second-order valence-corrected chi connectivity index (χ2v) is 6.77. The highest BCUT2D eigenvalue weighted by molar-refractivity contribution is 5.76. The lowest BCUT2D eigenvalue weighted by molar-refractivity contribution is -0.134. The van der Waals surface area contributed by atoms with Gasteiger partial charge in [0.2, 0.25) is 5.91 Å². The fraction of sp³-hybridized carbons (Fsp3) is 0.429. The van der Waals surface area contributed by atoms with Crippen molar-refractivity contribution in [3.05, 3.63) is 59.9 Å². The fourth-order valence-corrected chi connectivity index (χ4v) is 3.14. The van der Waals surface area contributed by atoms with Gasteiger partial charge < -0.3 is 9.64 Å². The van der Waals surface area contributed by atoms with Crippen molar-refractivity contribution in [1.29, 1.82) is 0 Å². The Bertz CT molecular complexity index is 681. The third-order valence-corrected chi connectivity index (χ3v) is 4.95. The molecule has 4 heteroatoms. The molecule has 0 aliphatic heterocycles. The first kappa shape index (κ1) is 17.5. The second kappa shape index (κ2) is 8.15. The van der Waals surface area contributed by atoms with E-state index in [1.807, 2.05) is 47.4 Å². The van der Waals surface area contributed by atoms with Crippen LogP contribution in [0.5, 0.6) is 5.75 Å². The van der Waals surface area contributed by atoms with E-state index in [9.17, 15) is 4.79 Å². The van der Waals surface area contributed by atoms with Crippen LogP contribution in [0.15, 0.2) is 48.7 Å². The van der Waals surface area contributed by atoms with E-state index in [1.165, 1.54) is 12.8 Å². The van der Waals surface area contributed by atoms with Crippen molar-refractivity contribution < 1.29 is 9.53 Å². The number of carbonyl (C=O) groups excluding carboxylic acids is 1. The van der Waals surface area contributed by atoms with Gasteiger partial charge in [0.25, 0.3) is 0 Å². The molecule has 1 fully saturated rings. The van der Waals surface area contributed by atoms with Crippen LogP contribution in [0.25, 0.3) is 0 Å². The van der Waals surface area contributed by atoms with Crippen molar-refractivity contribution in [1.82, 2.24) is 9.88 Å². The lowest BCUT2D eigenvalue weighted by atomic mass is 10.1. The highest BCUT2D eigenvalue weighted by Gasteiger charge is 2.34. The molecular formula is C21H26N2O2. The van der Waals surface area contributed by atoms with Gasteiger partial charge in [-0.2, -0.15) is 0 Å². The number of rotatable bonds is 8. The number of ether oxygens (including phenoxy) is 1. The zero-order valence-corrected chi connectivity index (χ0v) is 15.0. The van der Waals surface area contributed by atoms with Gasteiger partial charge in [0.1, 0.15) is 5.75 Å². The van der Waals surface area contributed by atoms with Crippen LogP contribution in [0.3, 0.4) is 0 Å². The van der Waals surface area contributed by atoms with Gasteiger partial charge in [-0.3, -0.25) is 9.78 Å².